The van der Waals surface area contributed by atoms with Crippen molar-refractivity contribution in [2.75, 3.05) is 50.1 Å². The summed E-state index contributed by atoms with van der Waals surface area (Å²) in [6.07, 6.45) is 1.44. The van der Waals surface area contributed by atoms with Crippen LogP contribution in [0.25, 0.3) is 10.9 Å². The van der Waals surface area contributed by atoms with E-state index in [0.717, 1.165) is 11.2 Å². The van der Waals surface area contributed by atoms with Crippen LogP contribution in [0.3, 0.4) is 0 Å². The summed E-state index contributed by atoms with van der Waals surface area (Å²) in [4.78, 5) is 25.1. The molecular formula is C21H21ClFN5O2. The molecule has 2 heterocycles. The second-order valence-corrected chi connectivity index (χ2v) is 7.40. The molecule has 0 atom stereocenters. The Balaban J connectivity index is 1.41. The van der Waals surface area contributed by atoms with E-state index in [2.05, 4.69) is 25.1 Å². The minimum atomic E-state index is -0.455. The highest BCUT2D eigenvalue weighted by Crippen LogP contribution is 2.29. The van der Waals surface area contributed by atoms with Gasteiger partial charge in [0.05, 0.1) is 29.9 Å². The van der Waals surface area contributed by atoms with E-state index in [0.29, 0.717) is 42.4 Å². The van der Waals surface area contributed by atoms with Crippen LogP contribution in [-0.4, -0.2) is 60.6 Å². The van der Waals surface area contributed by atoms with Crippen LogP contribution >= 0.6 is 11.6 Å². The number of fused-ring (bicyclic) bond motifs is 1. The lowest BCUT2D eigenvalue weighted by atomic mass is 10.2. The van der Waals surface area contributed by atoms with Crippen LogP contribution in [0.4, 0.5) is 15.9 Å². The first-order valence-electron chi connectivity index (χ1n) is 9.55. The van der Waals surface area contributed by atoms with E-state index in [1.54, 1.807) is 18.2 Å². The summed E-state index contributed by atoms with van der Waals surface area (Å²) in [5.74, 6) is 0.333. The van der Waals surface area contributed by atoms with Gasteiger partial charge in [0, 0.05) is 37.6 Å². The molecule has 1 aliphatic rings. The number of hydrogen-bond acceptors (Lipinski definition) is 6. The third kappa shape index (κ3) is 4.29. The number of methoxy groups -OCH3 is 1. The number of ether oxygens (including phenoxy) is 1. The topological polar surface area (TPSA) is 70.6 Å². The maximum absolute atomic E-state index is 14.0. The number of benzene rings is 2. The number of carbonyl (C=O) groups excluding carboxylic acids is 1. The smallest absolute Gasteiger partial charge is 0.238 e. The standard InChI is InChI=1S/C21H21ClFN5O2/c1-30-19-10-14-18(11-16(19)23)24-13-25-21(14)28-8-6-27(7-9-28)12-20(29)26-17-5-3-2-4-15(17)22/h2-5,10-11,13H,6-9,12H2,1H3,(H,26,29). The van der Waals surface area contributed by atoms with Crippen LogP contribution in [0.1, 0.15) is 0 Å². The number of aromatic nitrogens is 2. The molecular weight excluding hydrogens is 409 g/mol. The lowest BCUT2D eigenvalue weighted by Gasteiger charge is -2.35. The fourth-order valence-electron chi connectivity index (χ4n) is 3.53. The van der Waals surface area contributed by atoms with E-state index >= 15 is 0 Å². The molecule has 4 rings (SSSR count). The van der Waals surface area contributed by atoms with Crippen LogP contribution in [0.2, 0.25) is 5.02 Å². The van der Waals surface area contributed by atoms with E-state index in [-0.39, 0.29) is 18.2 Å². The van der Waals surface area contributed by atoms with Gasteiger partial charge in [-0.05, 0) is 18.2 Å². The molecule has 1 aromatic heterocycles. The lowest BCUT2D eigenvalue weighted by molar-refractivity contribution is -0.117. The minimum Gasteiger partial charge on any atom is -0.494 e. The third-order valence-corrected chi connectivity index (χ3v) is 5.40. The van der Waals surface area contributed by atoms with Crippen molar-refractivity contribution in [1.29, 1.82) is 0 Å². The van der Waals surface area contributed by atoms with E-state index in [1.807, 2.05) is 12.1 Å². The number of halogens is 2. The number of rotatable bonds is 5. The van der Waals surface area contributed by atoms with Crippen LogP contribution in [-0.2, 0) is 4.79 Å². The van der Waals surface area contributed by atoms with E-state index < -0.39 is 5.82 Å². The predicted octanol–water partition coefficient (Wildman–Crippen LogP) is 3.19. The van der Waals surface area contributed by atoms with Gasteiger partial charge in [-0.25, -0.2) is 14.4 Å². The number of hydrogen-bond donors (Lipinski definition) is 1. The molecule has 0 aliphatic carbocycles. The maximum Gasteiger partial charge on any atom is 0.238 e. The number of piperazine rings is 1. The summed E-state index contributed by atoms with van der Waals surface area (Å²) in [6.45, 7) is 3.04. The quantitative estimate of drug-likeness (QED) is 0.671. The van der Waals surface area contributed by atoms with Crippen molar-refractivity contribution < 1.29 is 13.9 Å². The Bertz CT molecular complexity index is 1070. The van der Waals surface area contributed by atoms with Gasteiger partial charge in [-0.1, -0.05) is 23.7 Å². The van der Waals surface area contributed by atoms with Gasteiger partial charge in [0.1, 0.15) is 12.1 Å². The average Bonchev–Trinajstić information content (AvgIpc) is 2.75. The normalized spacial score (nSPS) is 14.7. The Morgan fingerprint density at radius 3 is 2.70 bits per heavy atom. The van der Waals surface area contributed by atoms with E-state index in [1.165, 1.54) is 19.5 Å². The number of anilines is 2. The van der Waals surface area contributed by atoms with Crippen molar-refractivity contribution in [2.45, 2.75) is 0 Å². The number of nitrogens with one attached hydrogen (secondary N) is 1. The molecule has 1 aliphatic heterocycles. The molecule has 1 saturated heterocycles. The predicted molar refractivity (Wildman–Crippen MR) is 115 cm³/mol. The monoisotopic (exact) mass is 429 g/mol. The summed E-state index contributed by atoms with van der Waals surface area (Å²) in [7, 11) is 1.43. The molecule has 156 valence electrons. The van der Waals surface area contributed by atoms with Gasteiger partial charge >= 0.3 is 0 Å². The van der Waals surface area contributed by atoms with Crippen molar-refractivity contribution in [3.8, 4) is 5.75 Å². The number of para-hydroxylation sites is 1. The Morgan fingerprint density at radius 2 is 1.97 bits per heavy atom. The molecule has 1 amide bonds. The summed E-state index contributed by atoms with van der Waals surface area (Å²) < 4.78 is 19.1. The van der Waals surface area contributed by atoms with Crippen LogP contribution in [0.15, 0.2) is 42.7 Å². The van der Waals surface area contributed by atoms with Crippen LogP contribution < -0.4 is 15.0 Å². The number of nitrogens with zero attached hydrogens (tertiary/aromatic N) is 4. The van der Waals surface area contributed by atoms with Gasteiger partial charge < -0.3 is 15.0 Å². The molecule has 7 nitrogen and oxygen atoms in total. The zero-order chi connectivity index (χ0) is 21.1. The largest absolute Gasteiger partial charge is 0.494 e. The van der Waals surface area contributed by atoms with Crippen molar-refractivity contribution in [3.63, 3.8) is 0 Å². The third-order valence-electron chi connectivity index (χ3n) is 5.07. The molecule has 3 aromatic rings. The lowest BCUT2D eigenvalue weighted by Crippen LogP contribution is -2.49. The number of carbonyl (C=O) groups is 1. The Hall–Kier alpha value is -2.97. The zero-order valence-electron chi connectivity index (χ0n) is 16.4. The molecule has 0 radical (unpaired) electrons. The van der Waals surface area contributed by atoms with E-state index in [4.69, 9.17) is 16.3 Å². The summed E-state index contributed by atoms with van der Waals surface area (Å²) in [6, 6.07) is 10.1. The first-order valence-corrected chi connectivity index (χ1v) is 9.93. The molecule has 9 heteroatoms. The molecule has 0 saturated carbocycles. The first kappa shape index (κ1) is 20.3. The second kappa shape index (κ2) is 8.81. The van der Waals surface area contributed by atoms with Crippen molar-refractivity contribution in [2.24, 2.45) is 0 Å². The van der Waals surface area contributed by atoms with E-state index in [9.17, 15) is 9.18 Å². The van der Waals surface area contributed by atoms with Crippen molar-refractivity contribution >= 4 is 39.9 Å². The fraction of sp³-hybridized carbons (Fsp3) is 0.286. The Kier molecular flexibility index (Phi) is 5.96. The zero-order valence-corrected chi connectivity index (χ0v) is 17.2. The Labute approximate surface area is 178 Å². The Morgan fingerprint density at radius 1 is 1.20 bits per heavy atom. The van der Waals surface area contributed by atoms with Crippen LogP contribution in [0, 0.1) is 5.82 Å². The molecule has 2 aromatic carbocycles. The summed E-state index contributed by atoms with van der Waals surface area (Å²) in [5, 5.41) is 4.10. The molecule has 0 bridgehead atoms. The highest BCUT2D eigenvalue weighted by atomic mass is 35.5. The van der Waals surface area contributed by atoms with Gasteiger partial charge in [0.15, 0.2) is 11.6 Å². The number of amides is 1. The highest BCUT2D eigenvalue weighted by Gasteiger charge is 2.22. The molecule has 30 heavy (non-hydrogen) atoms. The van der Waals surface area contributed by atoms with Gasteiger partial charge in [0.2, 0.25) is 5.91 Å². The maximum atomic E-state index is 14.0. The highest BCUT2D eigenvalue weighted by molar-refractivity contribution is 6.33. The van der Waals surface area contributed by atoms with Crippen LogP contribution in [0.5, 0.6) is 5.75 Å². The first-order chi connectivity index (χ1) is 14.5. The molecule has 1 fully saturated rings. The summed E-state index contributed by atoms with van der Waals surface area (Å²) in [5.41, 5.74) is 1.14. The fourth-order valence-corrected chi connectivity index (χ4v) is 3.71. The van der Waals surface area contributed by atoms with Crippen molar-refractivity contribution in [1.82, 2.24) is 14.9 Å². The average molecular weight is 430 g/mol. The second-order valence-electron chi connectivity index (χ2n) is 6.99. The van der Waals surface area contributed by atoms with Gasteiger partial charge in [-0.2, -0.15) is 0 Å². The molecule has 0 spiro atoms. The summed E-state index contributed by atoms with van der Waals surface area (Å²) >= 11 is 6.10. The van der Waals surface area contributed by atoms with Gasteiger partial charge in [-0.15, -0.1) is 0 Å². The molecule has 0 unspecified atom stereocenters. The molecule has 1 N–H and O–H groups in total. The minimum absolute atomic E-state index is 0.107. The van der Waals surface area contributed by atoms with Gasteiger partial charge in [0.25, 0.3) is 0 Å². The van der Waals surface area contributed by atoms with Gasteiger partial charge in [-0.3, -0.25) is 9.69 Å². The van der Waals surface area contributed by atoms with Crippen molar-refractivity contribution in [3.05, 3.63) is 53.6 Å². The SMILES string of the molecule is COc1cc2c(N3CCN(CC(=O)Nc4ccccc4Cl)CC3)ncnc2cc1F.